The van der Waals surface area contributed by atoms with E-state index >= 15 is 0 Å². The predicted octanol–water partition coefficient (Wildman–Crippen LogP) is 6.48. The van der Waals surface area contributed by atoms with Gasteiger partial charge in [0.1, 0.15) is 5.75 Å². The summed E-state index contributed by atoms with van der Waals surface area (Å²) in [5.41, 5.74) is 2.05. The maximum atomic E-state index is 13.3. The number of amides is 1. The third-order valence-corrected chi connectivity index (χ3v) is 12.3. The summed E-state index contributed by atoms with van der Waals surface area (Å²) >= 11 is 6.42. The average molecular weight is 617 g/mol. The fourth-order valence-corrected chi connectivity index (χ4v) is 8.52. The zero-order valence-corrected chi connectivity index (χ0v) is 26.7. The number of allylic oxidation sites excluding steroid dienone is 4. The summed E-state index contributed by atoms with van der Waals surface area (Å²) in [4.78, 5) is 15.6. The van der Waals surface area contributed by atoms with Gasteiger partial charge in [-0.15, -0.1) is 0 Å². The first-order valence-electron chi connectivity index (χ1n) is 15.4. The third-order valence-electron chi connectivity index (χ3n) is 10.3. The Bertz CT molecular complexity index is 1400. The molecule has 9 heteroatoms. The molecule has 1 spiro atoms. The molecule has 0 saturated heterocycles. The normalized spacial score (nSPS) is 35.1. The quantitative estimate of drug-likeness (QED) is 0.375. The number of fused-ring (bicyclic) bond motifs is 2. The van der Waals surface area contributed by atoms with E-state index in [-0.39, 0.29) is 22.8 Å². The van der Waals surface area contributed by atoms with E-state index in [2.05, 4.69) is 16.2 Å². The standard InChI is InChI=1S/C33H45ClN2O5S/c1-5-27(34)17-24-10-8-16-33(23(24)3)20-36-19-26-11-13-28(26)32(4,38)15-7-6-9-22(2)42(39,40)35-31(37)25-12-14-30(41-21-33)29(36)18-25/h5,12,14,17-18,22,26,28,38H,3,6-11,13,15-16,19-21H2,1-2,4H3,(H,35,37)/b24-17-,27-5+/t22-,26-,28+,32+,33-/m0/s1. The fraction of sp³-hybridized carbons (Fsp3) is 0.606. The Kier molecular flexibility index (Phi) is 8.90. The predicted molar refractivity (Wildman–Crippen MR) is 168 cm³/mol. The number of carbonyl (C=O) groups is 1. The molecule has 7 nitrogen and oxygen atoms in total. The first-order chi connectivity index (χ1) is 19.8. The number of sulfonamides is 1. The van der Waals surface area contributed by atoms with E-state index in [1.807, 2.05) is 26.0 Å². The molecule has 5 atom stereocenters. The molecule has 42 heavy (non-hydrogen) atoms. The summed E-state index contributed by atoms with van der Waals surface area (Å²) in [7, 11) is -3.85. The third kappa shape index (κ3) is 6.18. The van der Waals surface area contributed by atoms with Crippen molar-refractivity contribution < 1.29 is 23.1 Å². The molecule has 5 rings (SSSR count). The van der Waals surface area contributed by atoms with Crippen molar-refractivity contribution in [2.45, 2.75) is 89.4 Å². The molecule has 4 aliphatic rings. The summed E-state index contributed by atoms with van der Waals surface area (Å²) in [6.45, 7) is 11.9. The van der Waals surface area contributed by atoms with E-state index in [4.69, 9.17) is 16.3 Å². The average Bonchev–Trinajstić information content (AvgIpc) is 3.07. The lowest BCUT2D eigenvalue weighted by Gasteiger charge is -2.49. The number of rotatable bonds is 1. The molecule has 0 radical (unpaired) electrons. The van der Waals surface area contributed by atoms with Gasteiger partial charge in [-0.25, -0.2) is 13.1 Å². The summed E-state index contributed by atoms with van der Waals surface area (Å²) in [6.07, 6.45) is 11.1. The number of ether oxygens (including phenoxy) is 1. The molecule has 230 valence electrons. The largest absolute Gasteiger partial charge is 0.490 e. The summed E-state index contributed by atoms with van der Waals surface area (Å²) in [5, 5.41) is 11.5. The highest BCUT2D eigenvalue weighted by Crippen LogP contribution is 2.50. The van der Waals surface area contributed by atoms with Gasteiger partial charge in [-0.3, -0.25) is 4.79 Å². The van der Waals surface area contributed by atoms with Gasteiger partial charge in [0, 0.05) is 29.1 Å². The van der Waals surface area contributed by atoms with Gasteiger partial charge < -0.3 is 14.7 Å². The van der Waals surface area contributed by atoms with Gasteiger partial charge in [0.05, 0.1) is 23.1 Å². The molecular formula is C33H45ClN2O5S. The highest BCUT2D eigenvalue weighted by molar-refractivity contribution is 7.90. The Morgan fingerprint density at radius 2 is 2.00 bits per heavy atom. The van der Waals surface area contributed by atoms with Gasteiger partial charge in [0.2, 0.25) is 10.0 Å². The van der Waals surface area contributed by atoms with Gasteiger partial charge in [0.25, 0.3) is 5.91 Å². The van der Waals surface area contributed by atoms with E-state index in [9.17, 15) is 18.3 Å². The number of aliphatic hydroxyl groups is 1. The van der Waals surface area contributed by atoms with Crippen molar-refractivity contribution in [3.8, 4) is 5.75 Å². The molecule has 1 amide bonds. The van der Waals surface area contributed by atoms with Crippen molar-refractivity contribution in [2.75, 3.05) is 24.6 Å². The number of hydrogen-bond donors (Lipinski definition) is 2. The number of nitrogens with zero attached hydrogens (tertiary/aromatic N) is 1. The minimum Gasteiger partial charge on any atom is -0.490 e. The van der Waals surface area contributed by atoms with Gasteiger partial charge in [-0.2, -0.15) is 0 Å². The van der Waals surface area contributed by atoms with Crippen LogP contribution in [0.1, 0.15) is 88.9 Å². The van der Waals surface area contributed by atoms with E-state index in [1.165, 1.54) is 0 Å². The second-order valence-corrected chi connectivity index (χ2v) is 15.7. The second-order valence-electron chi connectivity index (χ2n) is 13.1. The first-order valence-corrected chi connectivity index (χ1v) is 17.3. The smallest absolute Gasteiger partial charge is 0.264 e. The lowest BCUT2D eigenvalue weighted by molar-refractivity contribution is -0.0743. The topological polar surface area (TPSA) is 95.9 Å². The molecule has 2 aliphatic carbocycles. The van der Waals surface area contributed by atoms with Gasteiger partial charge >= 0.3 is 0 Å². The van der Waals surface area contributed by atoms with Crippen LogP contribution in [0.15, 0.2) is 53.1 Å². The molecule has 1 aromatic rings. The number of halogens is 1. The van der Waals surface area contributed by atoms with Crippen LogP contribution in [0, 0.1) is 17.3 Å². The van der Waals surface area contributed by atoms with E-state index in [0.29, 0.717) is 49.7 Å². The van der Waals surface area contributed by atoms with Crippen LogP contribution in [0.25, 0.3) is 0 Å². The molecule has 2 bridgehead atoms. The van der Waals surface area contributed by atoms with Gasteiger partial charge in [-0.05, 0) is 113 Å². The fourth-order valence-electron chi connectivity index (χ4n) is 7.34. The molecular weight excluding hydrogens is 572 g/mol. The van der Waals surface area contributed by atoms with E-state index < -0.39 is 26.8 Å². The number of hydrogen-bond acceptors (Lipinski definition) is 6. The van der Waals surface area contributed by atoms with Crippen molar-refractivity contribution in [1.29, 1.82) is 0 Å². The SMILES string of the molecule is C=C1/C(=C\C(Cl)=C/C)CCC[C@]12COc1ccc3cc1N(C[C@@H]1CC[C@H]1[C@](C)(O)CCCC[C@H](C)S(=O)(=O)NC3=O)C2. The summed E-state index contributed by atoms with van der Waals surface area (Å²) in [6, 6.07) is 5.18. The first kappa shape index (κ1) is 31.1. The van der Waals surface area contributed by atoms with Crippen LogP contribution < -0.4 is 14.4 Å². The van der Waals surface area contributed by atoms with Gasteiger partial charge in [0.15, 0.2) is 0 Å². The van der Waals surface area contributed by atoms with E-state index in [0.717, 1.165) is 55.4 Å². The summed E-state index contributed by atoms with van der Waals surface area (Å²) < 4.78 is 34.8. The minimum atomic E-state index is -3.85. The van der Waals surface area contributed by atoms with Crippen molar-refractivity contribution in [3.63, 3.8) is 0 Å². The summed E-state index contributed by atoms with van der Waals surface area (Å²) in [5.74, 6) is 0.476. The van der Waals surface area contributed by atoms with Crippen LogP contribution in [0.5, 0.6) is 5.75 Å². The number of nitrogens with one attached hydrogen (secondary N) is 1. The lowest BCUT2D eigenvalue weighted by atomic mass is 9.63. The monoisotopic (exact) mass is 616 g/mol. The van der Waals surface area contributed by atoms with Crippen molar-refractivity contribution in [3.05, 3.63) is 58.7 Å². The van der Waals surface area contributed by atoms with Crippen LogP contribution in [0.4, 0.5) is 5.69 Å². The van der Waals surface area contributed by atoms with Crippen LogP contribution in [0.2, 0.25) is 0 Å². The number of benzene rings is 1. The molecule has 2 heterocycles. The molecule has 0 aromatic heterocycles. The zero-order chi connectivity index (χ0) is 30.3. The second kappa shape index (κ2) is 12.0. The van der Waals surface area contributed by atoms with E-state index in [1.54, 1.807) is 25.1 Å². The Labute approximate surface area is 256 Å². The Morgan fingerprint density at radius 1 is 1.21 bits per heavy atom. The molecule has 1 aromatic carbocycles. The number of carbonyl (C=O) groups excluding carboxylic acids is 1. The minimum absolute atomic E-state index is 0.153. The van der Waals surface area contributed by atoms with Crippen LogP contribution in [0.3, 0.4) is 0 Å². The lowest BCUT2D eigenvalue weighted by Crippen LogP contribution is -2.51. The maximum Gasteiger partial charge on any atom is 0.264 e. The molecule has 2 fully saturated rings. The Hall–Kier alpha value is -2.29. The molecule has 2 aliphatic heterocycles. The zero-order valence-electron chi connectivity index (χ0n) is 25.1. The van der Waals surface area contributed by atoms with Crippen molar-refractivity contribution >= 4 is 33.2 Å². The van der Waals surface area contributed by atoms with Crippen LogP contribution in [-0.2, 0) is 10.0 Å². The highest BCUT2D eigenvalue weighted by Gasteiger charge is 2.47. The highest BCUT2D eigenvalue weighted by atomic mass is 35.5. The Balaban J connectivity index is 1.56. The Morgan fingerprint density at radius 3 is 2.71 bits per heavy atom. The molecule has 2 saturated carbocycles. The maximum absolute atomic E-state index is 13.3. The van der Waals surface area contributed by atoms with Crippen molar-refractivity contribution in [2.24, 2.45) is 17.3 Å². The van der Waals surface area contributed by atoms with Crippen molar-refractivity contribution in [1.82, 2.24) is 4.72 Å². The van der Waals surface area contributed by atoms with Gasteiger partial charge in [-0.1, -0.05) is 37.1 Å². The number of anilines is 1. The molecule has 0 unspecified atom stereocenters. The molecule has 2 N–H and O–H groups in total. The van der Waals surface area contributed by atoms with Crippen LogP contribution >= 0.6 is 11.6 Å². The van der Waals surface area contributed by atoms with Crippen LogP contribution in [-0.4, -0.2) is 50.0 Å².